The molecule has 6 nitrogen and oxygen atoms in total. The molecule has 0 spiro atoms. The van der Waals surface area contributed by atoms with Crippen molar-refractivity contribution >= 4 is 17.0 Å². The van der Waals surface area contributed by atoms with Crippen molar-refractivity contribution in [2.75, 3.05) is 12.3 Å². The van der Waals surface area contributed by atoms with Crippen LogP contribution in [0, 0.1) is 0 Å². The number of nitrogens with zero attached hydrogens (tertiary/aromatic N) is 3. The van der Waals surface area contributed by atoms with E-state index in [1.165, 1.54) is 25.6 Å². The van der Waals surface area contributed by atoms with Gasteiger partial charge in [0.05, 0.1) is 0 Å². The molecule has 1 aliphatic heterocycles. The van der Waals surface area contributed by atoms with E-state index in [2.05, 4.69) is 25.3 Å². The van der Waals surface area contributed by atoms with Gasteiger partial charge in [0, 0.05) is 12.5 Å². The summed E-state index contributed by atoms with van der Waals surface area (Å²) >= 11 is 0. The van der Waals surface area contributed by atoms with E-state index in [1.54, 1.807) is 0 Å². The molecule has 1 aliphatic rings. The van der Waals surface area contributed by atoms with E-state index < -0.39 is 0 Å². The van der Waals surface area contributed by atoms with Crippen LogP contribution in [0.2, 0.25) is 0 Å². The Kier molecular flexibility index (Phi) is 3.10. The molecule has 18 heavy (non-hydrogen) atoms. The minimum absolute atomic E-state index is 0.467. The van der Waals surface area contributed by atoms with Crippen LogP contribution in [0.15, 0.2) is 6.33 Å². The quantitative estimate of drug-likeness (QED) is 0.751. The van der Waals surface area contributed by atoms with Gasteiger partial charge >= 0.3 is 0 Å². The lowest BCUT2D eigenvalue weighted by Crippen LogP contribution is -2.34. The summed E-state index contributed by atoms with van der Waals surface area (Å²) < 4.78 is 0. The lowest BCUT2D eigenvalue weighted by molar-refractivity contribution is 0.381. The Hall–Kier alpha value is -1.69. The van der Waals surface area contributed by atoms with Gasteiger partial charge in [-0.25, -0.2) is 15.0 Å². The molecule has 3 rings (SSSR count). The van der Waals surface area contributed by atoms with Crippen molar-refractivity contribution in [2.45, 2.75) is 38.1 Å². The molecule has 2 aromatic heterocycles. The summed E-state index contributed by atoms with van der Waals surface area (Å²) in [6, 6.07) is 0.621. The van der Waals surface area contributed by atoms with E-state index in [0.717, 1.165) is 30.7 Å². The van der Waals surface area contributed by atoms with Crippen molar-refractivity contribution in [1.29, 1.82) is 0 Å². The van der Waals surface area contributed by atoms with E-state index in [4.69, 9.17) is 5.73 Å². The zero-order chi connectivity index (χ0) is 12.4. The summed E-state index contributed by atoms with van der Waals surface area (Å²) in [5.74, 6) is 1.42. The summed E-state index contributed by atoms with van der Waals surface area (Å²) in [7, 11) is 0. The van der Waals surface area contributed by atoms with Gasteiger partial charge in [-0.15, -0.1) is 0 Å². The van der Waals surface area contributed by atoms with E-state index in [-0.39, 0.29) is 0 Å². The Bertz CT molecular complexity index is 528. The van der Waals surface area contributed by atoms with Crippen molar-refractivity contribution in [3.05, 3.63) is 12.2 Å². The van der Waals surface area contributed by atoms with Gasteiger partial charge in [-0.1, -0.05) is 6.42 Å². The van der Waals surface area contributed by atoms with Crippen molar-refractivity contribution in [3.8, 4) is 0 Å². The number of piperidine rings is 1. The zero-order valence-electron chi connectivity index (χ0n) is 10.3. The molecule has 0 aliphatic carbocycles. The number of fused-ring (bicyclic) bond motifs is 1. The van der Waals surface area contributed by atoms with Crippen molar-refractivity contribution in [2.24, 2.45) is 0 Å². The Labute approximate surface area is 105 Å². The molecule has 6 heteroatoms. The molecule has 0 saturated carbocycles. The molecule has 0 radical (unpaired) electrons. The third kappa shape index (κ3) is 2.28. The van der Waals surface area contributed by atoms with E-state index in [9.17, 15) is 0 Å². The summed E-state index contributed by atoms with van der Waals surface area (Å²) in [4.78, 5) is 15.7. The van der Waals surface area contributed by atoms with Crippen LogP contribution in [0.5, 0.6) is 0 Å². The van der Waals surface area contributed by atoms with Crippen molar-refractivity contribution < 1.29 is 0 Å². The lowest BCUT2D eigenvalue weighted by atomic mass is 10.0. The number of hydrogen-bond acceptors (Lipinski definition) is 5. The fourth-order valence-electron chi connectivity index (χ4n) is 2.49. The first kappa shape index (κ1) is 11.4. The molecule has 1 fully saturated rings. The minimum atomic E-state index is 0.467. The van der Waals surface area contributed by atoms with Gasteiger partial charge in [0.1, 0.15) is 17.7 Å². The van der Waals surface area contributed by atoms with Crippen LogP contribution in [0.4, 0.5) is 5.82 Å². The molecule has 0 aromatic carbocycles. The van der Waals surface area contributed by atoms with Crippen LogP contribution in [-0.4, -0.2) is 32.5 Å². The minimum Gasteiger partial charge on any atom is -0.382 e. The first-order valence-corrected chi connectivity index (χ1v) is 6.51. The SMILES string of the molecule is Nc1ncnc2nc(CCC3CCCCN3)[nH]c12. The maximum absolute atomic E-state index is 5.77. The van der Waals surface area contributed by atoms with Crippen LogP contribution < -0.4 is 11.1 Å². The molecule has 1 saturated heterocycles. The van der Waals surface area contributed by atoms with E-state index >= 15 is 0 Å². The maximum Gasteiger partial charge on any atom is 0.183 e. The Balaban J connectivity index is 1.69. The summed E-state index contributed by atoms with van der Waals surface area (Å²) in [5.41, 5.74) is 7.19. The van der Waals surface area contributed by atoms with Gasteiger partial charge in [0.15, 0.2) is 11.5 Å². The highest BCUT2D eigenvalue weighted by molar-refractivity contribution is 5.80. The van der Waals surface area contributed by atoms with Crippen LogP contribution in [-0.2, 0) is 6.42 Å². The highest BCUT2D eigenvalue weighted by atomic mass is 15.0. The number of imidazole rings is 1. The number of aromatic nitrogens is 4. The first-order valence-electron chi connectivity index (χ1n) is 6.51. The fourth-order valence-corrected chi connectivity index (χ4v) is 2.49. The average Bonchev–Trinajstić information content (AvgIpc) is 2.82. The molecule has 96 valence electrons. The third-order valence-electron chi connectivity index (χ3n) is 3.51. The van der Waals surface area contributed by atoms with Crippen LogP contribution >= 0.6 is 0 Å². The standard InChI is InChI=1S/C12H18N6/c13-11-10-12(16-7-15-11)18-9(17-10)5-4-8-3-1-2-6-14-8/h7-8,14H,1-6H2,(H3,13,15,16,17,18). The molecule has 3 heterocycles. The molecule has 0 bridgehead atoms. The molecule has 1 atom stereocenters. The number of aryl methyl sites for hydroxylation is 1. The van der Waals surface area contributed by atoms with Gasteiger partial charge in [0.2, 0.25) is 0 Å². The number of hydrogen-bond donors (Lipinski definition) is 3. The molecule has 4 N–H and O–H groups in total. The summed E-state index contributed by atoms with van der Waals surface area (Å²) in [5, 5.41) is 3.54. The van der Waals surface area contributed by atoms with Crippen LogP contribution in [0.1, 0.15) is 31.5 Å². The normalized spacial score (nSPS) is 20.3. The number of nitrogens with two attached hydrogens (primary N) is 1. The maximum atomic E-state index is 5.77. The number of rotatable bonds is 3. The van der Waals surface area contributed by atoms with Crippen molar-refractivity contribution in [1.82, 2.24) is 25.3 Å². The number of H-pyrrole nitrogens is 1. The van der Waals surface area contributed by atoms with Crippen LogP contribution in [0.3, 0.4) is 0 Å². The second kappa shape index (κ2) is 4.89. The second-order valence-electron chi connectivity index (χ2n) is 4.83. The third-order valence-corrected chi connectivity index (χ3v) is 3.51. The number of nitrogens with one attached hydrogen (secondary N) is 2. The highest BCUT2D eigenvalue weighted by Crippen LogP contribution is 2.16. The predicted molar refractivity (Wildman–Crippen MR) is 70.1 cm³/mol. The summed E-state index contributed by atoms with van der Waals surface area (Å²) in [6.45, 7) is 1.14. The fraction of sp³-hybridized carbons (Fsp3) is 0.583. The lowest BCUT2D eigenvalue weighted by Gasteiger charge is -2.22. The van der Waals surface area contributed by atoms with Crippen LogP contribution in [0.25, 0.3) is 11.2 Å². The van der Waals surface area contributed by atoms with E-state index in [1.807, 2.05) is 0 Å². The predicted octanol–water partition coefficient (Wildman–Crippen LogP) is 1.01. The molecule has 1 unspecified atom stereocenters. The van der Waals surface area contributed by atoms with Gasteiger partial charge in [-0.05, 0) is 25.8 Å². The topological polar surface area (TPSA) is 92.5 Å². The Morgan fingerprint density at radius 2 is 2.28 bits per heavy atom. The van der Waals surface area contributed by atoms with Crippen molar-refractivity contribution in [3.63, 3.8) is 0 Å². The first-order chi connectivity index (χ1) is 8.83. The van der Waals surface area contributed by atoms with Gasteiger partial charge < -0.3 is 16.0 Å². The van der Waals surface area contributed by atoms with Gasteiger partial charge in [-0.3, -0.25) is 0 Å². The number of anilines is 1. The average molecular weight is 246 g/mol. The van der Waals surface area contributed by atoms with E-state index in [0.29, 0.717) is 17.5 Å². The largest absolute Gasteiger partial charge is 0.382 e. The molecule has 0 amide bonds. The molecular weight excluding hydrogens is 228 g/mol. The molecule has 2 aromatic rings. The number of aromatic amines is 1. The zero-order valence-corrected chi connectivity index (χ0v) is 10.3. The van der Waals surface area contributed by atoms with Gasteiger partial charge in [0.25, 0.3) is 0 Å². The smallest absolute Gasteiger partial charge is 0.183 e. The Morgan fingerprint density at radius 1 is 1.33 bits per heavy atom. The Morgan fingerprint density at radius 3 is 3.06 bits per heavy atom. The highest BCUT2D eigenvalue weighted by Gasteiger charge is 2.14. The monoisotopic (exact) mass is 246 g/mol. The molecular formula is C12H18N6. The second-order valence-corrected chi connectivity index (χ2v) is 4.83. The summed E-state index contributed by atoms with van der Waals surface area (Å²) in [6.07, 6.45) is 7.37. The van der Waals surface area contributed by atoms with Gasteiger partial charge in [-0.2, -0.15) is 0 Å². The number of nitrogen functional groups attached to an aromatic ring is 1.